The molecule has 1 amide bonds. The summed E-state index contributed by atoms with van der Waals surface area (Å²) < 4.78 is 0. The molecule has 0 aliphatic rings. The van der Waals surface area contributed by atoms with Gasteiger partial charge >= 0.3 is 0 Å². The first-order valence-corrected chi connectivity index (χ1v) is 6.31. The lowest BCUT2D eigenvalue weighted by atomic mass is 10.2. The Bertz CT molecular complexity index is 324. The summed E-state index contributed by atoms with van der Waals surface area (Å²) >= 11 is 1.71. The van der Waals surface area contributed by atoms with E-state index in [1.54, 1.807) is 18.8 Å². The number of thioether (sulfide) groups is 1. The molecule has 1 aromatic rings. The minimum atomic E-state index is 0.0966. The van der Waals surface area contributed by atoms with E-state index in [0.29, 0.717) is 6.42 Å². The molecule has 0 bridgehead atoms. The highest BCUT2D eigenvalue weighted by Crippen LogP contribution is 2.19. The fourth-order valence-corrected chi connectivity index (χ4v) is 2.15. The van der Waals surface area contributed by atoms with Crippen molar-refractivity contribution in [2.45, 2.75) is 17.9 Å². The Morgan fingerprint density at radius 1 is 1.25 bits per heavy atom. The SMILES string of the molecule is CNCc1ccc(SCCC(=O)NC)cc1. The van der Waals surface area contributed by atoms with E-state index in [9.17, 15) is 4.79 Å². The van der Waals surface area contributed by atoms with Crippen LogP contribution in [0.4, 0.5) is 0 Å². The summed E-state index contributed by atoms with van der Waals surface area (Å²) in [5.74, 6) is 0.921. The Balaban J connectivity index is 2.34. The van der Waals surface area contributed by atoms with Gasteiger partial charge in [0.25, 0.3) is 0 Å². The third kappa shape index (κ3) is 4.68. The molecule has 2 N–H and O–H groups in total. The maximum atomic E-state index is 11.0. The van der Waals surface area contributed by atoms with Crippen molar-refractivity contribution in [3.05, 3.63) is 29.8 Å². The Labute approximate surface area is 101 Å². The first-order chi connectivity index (χ1) is 7.76. The van der Waals surface area contributed by atoms with Gasteiger partial charge in [0.1, 0.15) is 0 Å². The van der Waals surface area contributed by atoms with E-state index >= 15 is 0 Å². The Morgan fingerprint density at radius 2 is 1.94 bits per heavy atom. The summed E-state index contributed by atoms with van der Waals surface area (Å²) in [4.78, 5) is 12.2. The van der Waals surface area contributed by atoms with Crippen molar-refractivity contribution < 1.29 is 4.79 Å². The third-order valence-electron chi connectivity index (χ3n) is 2.18. The molecule has 1 aromatic carbocycles. The van der Waals surface area contributed by atoms with Gasteiger partial charge in [0.2, 0.25) is 5.91 Å². The molecule has 16 heavy (non-hydrogen) atoms. The van der Waals surface area contributed by atoms with Gasteiger partial charge in [0, 0.05) is 30.7 Å². The van der Waals surface area contributed by atoms with Crippen LogP contribution in [0.25, 0.3) is 0 Å². The van der Waals surface area contributed by atoms with E-state index < -0.39 is 0 Å². The van der Waals surface area contributed by atoms with E-state index in [1.807, 2.05) is 7.05 Å². The smallest absolute Gasteiger partial charge is 0.220 e. The van der Waals surface area contributed by atoms with Crippen LogP contribution in [0, 0.1) is 0 Å². The highest BCUT2D eigenvalue weighted by Gasteiger charge is 1.99. The van der Waals surface area contributed by atoms with Gasteiger partial charge in [-0.05, 0) is 24.7 Å². The molecule has 0 radical (unpaired) electrons. The van der Waals surface area contributed by atoms with E-state index in [2.05, 4.69) is 34.9 Å². The molecule has 0 spiro atoms. The Morgan fingerprint density at radius 3 is 2.50 bits per heavy atom. The van der Waals surface area contributed by atoms with Crippen molar-refractivity contribution in [3.8, 4) is 0 Å². The summed E-state index contributed by atoms with van der Waals surface area (Å²) in [5, 5.41) is 5.73. The summed E-state index contributed by atoms with van der Waals surface area (Å²) in [6.45, 7) is 0.892. The van der Waals surface area contributed by atoms with Gasteiger partial charge in [-0.3, -0.25) is 4.79 Å². The Hall–Kier alpha value is -1.00. The lowest BCUT2D eigenvalue weighted by Crippen LogP contribution is -2.17. The molecule has 0 fully saturated rings. The molecule has 0 heterocycles. The van der Waals surface area contributed by atoms with Crippen molar-refractivity contribution in [1.29, 1.82) is 0 Å². The fraction of sp³-hybridized carbons (Fsp3) is 0.417. The van der Waals surface area contributed by atoms with Crippen molar-refractivity contribution in [1.82, 2.24) is 10.6 Å². The zero-order valence-electron chi connectivity index (χ0n) is 9.75. The largest absolute Gasteiger partial charge is 0.359 e. The molecule has 0 unspecified atom stereocenters. The van der Waals surface area contributed by atoms with E-state index in [4.69, 9.17) is 0 Å². The predicted molar refractivity (Wildman–Crippen MR) is 68.6 cm³/mol. The molecule has 0 aliphatic heterocycles. The third-order valence-corrected chi connectivity index (χ3v) is 3.19. The minimum Gasteiger partial charge on any atom is -0.359 e. The zero-order chi connectivity index (χ0) is 11.8. The number of nitrogens with one attached hydrogen (secondary N) is 2. The quantitative estimate of drug-likeness (QED) is 0.740. The zero-order valence-corrected chi connectivity index (χ0v) is 10.6. The molecule has 1 rings (SSSR count). The van der Waals surface area contributed by atoms with Crippen molar-refractivity contribution in [2.24, 2.45) is 0 Å². The van der Waals surface area contributed by atoms with Crippen molar-refractivity contribution in [3.63, 3.8) is 0 Å². The lowest BCUT2D eigenvalue weighted by molar-refractivity contribution is -0.120. The van der Waals surface area contributed by atoms with Gasteiger partial charge in [-0.2, -0.15) is 0 Å². The van der Waals surface area contributed by atoms with Gasteiger partial charge in [-0.25, -0.2) is 0 Å². The number of amides is 1. The van der Waals surface area contributed by atoms with Crippen LogP contribution in [0.3, 0.4) is 0 Å². The highest BCUT2D eigenvalue weighted by molar-refractivity contribution is 7.99. The average molecular weight is 238 g/mol. The van der Waals surface area contributed by atoms with Crippen LogP contribution in [0.2, 0.25) is 0 Å². The molecular formula is C12H18N2OS. The molecule has 0 saturated heterocycles. The van der Waals surface area contributed by atoms with Gasteiger partial charge in [0.15, 0.2) is 0 Å². The first-order valence-electron chi connectivity index (χ1n) is 5.33. The number of rotatable bonds is 6. The van der Waals surface area contributed by atoms with Gasteiger partial charge < -0.3 is 10.6 Å². The molecule has 0 aliphatic carbocycles. The maximum Gasteiger partial charge on any atom is 0.220 e. The van der Waals surface area contributed by atoms with E-state index in [1.165, 1.54) is 10.5 Å². The fourth-order valence-electron chi connectivity index (χ4n) is 1.29. The van der Waals surface area contributed by atoms with Crippen LogP contribution in [0.15, 0.2) is 29.2 Å². The van der Waals surface area contributed by atoms with Crippen LogP contribution < -0.4 is 10.6 Å². The Kier molecular flexibility index (Phi) is 5.96. The summed E-state index contributed by atoms with van der Waals surface area (Å²) in [6, 6.07) is 8.42. The molecule has 88 valence electrons. The van der Waals surface area contributed by atoms with Gasteiger partial charge in [-0.15, -0.1) is 11.8 Å². The summed E-state index contributed by atoms with van der Waals surface area (Å²) in [5.41, 5.74) is 1.28. The van der Waals surface area contributed by atoms with Crippen LogP contribution in [-0.4, -0.2) is 25.8 Å². The topological polar surface area (TPSA) is 41.1 Å². The monoisotopic (exact) mass is 238 g/mol. The second kappa shape index (κ2) is 7.30. The molecular weight excluding hydrogens is 220 g/mol. The first kappa shape index (κ1) is 13.1. The molecule has 4 heteroatoms. The molecule has 0 aromatic heterocycles. The maximum absolute atomic E-state index is 11.0. The van der Waals surface area contributed by atoms with Crippen LogP contribution >= 0.6 is 11.8 Å². The lowest BCUT2D eigenvalue weighted by Gasteiger charge is -2.03. The summed E-state index contributed by atoms with van der Waals surface area (Å²) in [7, 11) is 3.60. The van der Waals surface area contributed by atoms with Crippen molar-refractivity contribution in [2.75, 3.05) is 19.8 Å². The number of carbonyl (C=O) groups is 1. The predicted octanol–water partition coefficient (Wildman–Crippen LogP) is 1.63. The average Bonchev–Trinajstić information content (AvgIpc) is 2.31. The normalized spacial score (nSPS) is 10.1. The molecule has 0 atom stereocenters. The highest BCUT2D eigenvalue weighted by atomic mass is 32.2. The van der Waals surface area contributed by atoms with E-state index in [0.717, 1.165) is 12.3 Å². The number of benzene rings is 1. The number of carbonyl (C=O) groups excluding carboxylic acids is 1. The standard InChI is InChI=1S/C12H18N2OS/c1-13-9-10-3-5-11(6-4-10)16-8-7-12(15)14-2/h3-6,13H,7-9H2,1-2H3,(H,14,15). The second-order valence-corrected chi connectivity index (χ2v) is 4.61. The molecule has 0 saturated carbocycles. The second-order valence-electron chi connectivity index (χ2n) is 3.45. The van der Waals surface area contributed by atoms with Crippen LogP contribution in [-0.2, 0) is 11.3 Å². The van der Waals surface area contributed by atoms with Crippen LogP contribution in [0.1, 0.15) is 12.0 Å². The number of hydrogen-bond donors (Lipinski definition) is 2. The molecule has 3 nitrogen and oxygen atoms in total. The van der Waals surface area contributed by atoms with E-state index in [-0.39, 0.29) is 5.91 Å². The summed E-state index contributed by atoms with van der Waals surface area (Å²) in [6.07, 6.45) is 0.569. The van der Waals surface area contributed by atoms with Crippen molar-refractivity contribution >= 4 is 17.7 Å². The number of hydrogen-bond acceptors (Lipinski definition) is 3. The van der Waals surface area contributed by atoms with Crippen LogP contribution in [0.5, 0.6) is 0 Å². The van der Waals surface area contributed by atoms with Gasteiger partial charge in [0.05, 0.1) is 0 Å². The van der Waals surface area contributed by atoms with Gasteiger partial charge in [-0.1, -0.05) is 12.1 Å². The minimum absolute atomic E-state index is 0.0966.